The Morgan fingerprint density at radius 2 is 2.45 bits per heavy atom. The van der Waals surface area contributed by atoms with Crippen LogP contribution >= 0.6 is 0 Å². The Kier molecular flexibility index (Phi) is 6.73. The van der Waals surface area contributed by atoms with Gasteiger partial charge in [0.25, 0.3) is 0 Å². The molecule has 0 heterocycles. The van der Waals surface area contributed by atoms with Crippen LogP contribution in [0.3, 0.4) is 0 Å². The third kappa shape index (κ3) is 7.06. The van der Waals surface area contributed by atoms with Gasteiger partial charge in [0.15, 0.2) is 0 Å². The van der Waals surface area contributed by atoms with Crippen molar-refractivity contribution in [2.24, 2.45) is 4.99 Å². The lowest BCUT2D eigenvalue weighted by Crippen LogP contribution is -2.16. The molecule has 0 rings (SSSR count). The number of nitrogens with zero attached hydrogens (tertiary/aromatic N) is 1. The van der Waals surface area contributed by atoms with Gasteiger partial charge in [0, 0.05) is 12.8 Å². The second-order valence-corrected chi connectivity index (χ2v) is 2.11. The maximum absolute atomic E-state index is 4.74. The quantitative estimate of drug-likeness (QED) is 0.356. The molecule has 0 spiro atoms. The predicted octanol–water partition coefficient (Wildman–Crippen LogP) is 1.17. The summed E-state index contributed by atoms with van der Waals surface area (Å²) >= 11 is 0. The summed E-state index contributed by atoms with van der Waals surface area (Å²) in [7, 11) is 1.55. The third-order valence-electron chi connectivity index (χ3n) is 1.13. The van der Waals surface area contributed by atoms with Crippen LogP contribution in [0.4, 0.5) is 0 Å². The van der Waals surface area contributed by atoms with E-state index in [1.807, 2.05) is 0 Å². The van der Waals surface area contributed by atoms with Crippen molar-refractivity contribution >= 4 is 6.21 Å². The summed E-state index contributed by atoms with van der Waals surface area (Å²) in [6.07, 6.45) is 2.89. The van der Waals surface area contributed by atoms with Crippen LogP contribution in [-0.4, -0.2) is 26.4 Å². The van der Waals surface area contributed by atoms with Crippen molar-refractivity contribution < 1.29 is 4.74 Å². The predicted molar refractivity (Wildman–Crippen MR) is 47.8 cm³/mol. The minimum Gasteiger partial charge on any atom is -0.481 e. The van der Waals surface area contributed by atoms with Gasteiger partial charge < -0.3 is 10.1 Å². The van der Waals surface area contributed by atoms with E-state index in [1.54, 1.807) is 13.3 Å². The Bertz CT molecular complexity index is 132. The molecular weight excluding hydrogens is 140 g/mol. The van der Waals surface area contributed by atoms with Gasteiger partial charge in [-0.3, -0.25) is 0 Å². The molecule has 3 nitrogen and oxygen atoms in total. The van der Waals surface area contributed by atoms with Crippen LogP contribution in [0.2, 0.25) is 0 Å². The topological polar surface area (TPSA) is 33.6 Å². The average Bonchev–Trinajstić information content (AvgIpc) is 2.04. The zero-order chi connectivity index (χ0) is 8.53. The van der Waals surface area contributed by atoms with E-state index in [-0.39, 0.29) is 0 Å². The molecule has 64 valence electrons. The van der Waals surface area contributed by atoms with Crippen LogP contribution in [-0.2, 0) is 4.74 Å². The smallest absolute Gasteiger partial charge is 0.205 e. The van der Waals surface area contributed by atoms with Crippen LogP contribution in [0.15, 0.2) is 17.5 Å². The molecule has 0 radical (unpaired) electrons. The van der Waals surface area contributed by atoms with Gasteiger partial charge in [0.1, 0.15) is 0 Å². The minimum atomic E-state index is 0.447. The number of methoxy groups -OCH3 is 1. The van der Waals surface area contributed by atoms with Gasteiger partial charge in [-0.25, -0.2) is 4.99 Å². The molecule has 0 bridgehead atoms. The Hall–Kier alpha value is -0.830. The van der Waals surface area contributed by atoms with Crippen LogP contribution in [0, 0.1) is 0 Å². The Labute approximate surface area is 68.2 Å². The van der Waals surface area contributed by atoms with Gasteiger partial charge in [-0.1, -0.05) is 6.92 Å². The van der Waals surface area contributed by atoms with Crippen molar-refractivity contribution in [2.75, 3.05) is 20.2 Å². The van der Waals surface area contributed by atoms with Gasteiger partial charge in [-0.15, -0.1) is 0 Å². The van der Waals surface area contributed by atoms with E-state index in [1.165, 1.54) is 0 Å². The van der Waals surface area contributed by atoms with Crippen molar-refractivity contribution in [3.63, 3.8) is 0 Å². The Morgan fingerprint density at radius 1 is 1.73 bits per heavy atom. The summed E-state index contributed by atoms with van der Waals surface area (Å²) in [6.45, 7) is 7.46. The Balaban J connectivity index is 3.22. The van der Waals surface area contributed by atoms with Crippen molar-refractivity contribution in [1.29, 1.82) is 0 Å². The molecule has 0 aromatic carbocycles. The first-order chi connectivity index (χ1) is 5.31. The molecule has 0 amide bonds. The highest BCUT2D eigenvalue weighted by molar-refractivity contribution is 5.60. The largest absolute Gasteiger partial charge is 0.481 e. The molecule has 11 heavy (non-hydrogen) atoms. The van der Waals surface area contributed by atoms with Crippen molar-refractivity contribution in [2.45, 2.75) is 13.3 Å². The zero-order valence-corrected chi connectivity index (χ0v) is 7.26. The molecule has 0 aliphatic rings. The highest BCUT2D eigenvalue weighted by Crippen LogP contribution is 1.88. The molecule has 0 aromatic heterocycles. The standard InChI is InChI=1S/C8H16N2O/c1-4-5-9-6-7-10-8(2)11-3/h7,9H,2,4-6H2,1,3H3. The number of nitrogens with one attached hydrogen (secondary N) is 1. The van der Waals surface area contributed by atoms with E-state index in [0.29, 0.717) is 5.88 Å². The Morgan fingerprint density at radius 3 is 3.00 bits per heavy atom. The summed E-state index contributed by atoms with van der Waals surface area (Å²) < 4.78 is 4.74. The molecule has 0 saturated carbocycles. The summed E-state index contributed by atoms with van der Waals surface area (Å²) in [5.74, 6) is 0.447. The van der Waals surface area contributed by atoms with E-state index < -0.39 is 0 Å². The molecule has 0 aliphatic heterocycles. The molecule has 0 aliphatic carbocycles. The fourth-order valence-corrected chi connectivity index (χ4v) is 0.544. The van der Waals surface area contributed by atoms with Crippen molar-refractivity contribution in [3.05, 3.63) is 12.5 Å². The number of rotatable bonds is 6. The molecule has 0 atom stereocenters. The first-order valence-corrected chi connectivity index (χ1v) is 3.77. The summed E-state index contributed by atoms with van der Waals surface area (Å²) in [6, 6.07) is 0. The van der Waals surface area contributed by atoms with Gasteiger partial charge in [-0.2, -0.15) is 0 Å². The molecule has 1 N–H and O–H groups in total. The van der Waals surface area contributed by atoms with Crippen molar-refractivity contribution in [1.82, 2.24) is 5.32 Å². The fraction of sp³-hybridized carbons (Fsp3) is 0.625. The second kappa shape index (κ2) is 7.28. The SMILES string of the molecule is C=C(N=CCNCCC)OC. The molecular formula is C8H16N2O. The molecule has 3 heteroatoms. The van der Waals surface area contributed by atoms with E-state index in [2.05, 4.69) is 23.8 Å². The van der Waals surface area contributed by atoms with Gasteiger partial charge in [-0.05, 0) is 19.5 Å². The fourth-order valence-electron chi connectivity index (χ4n) is 0.544. The maximum atomic E-state index is 4.74. The van der Waals surface area contributed by atoms with Gasteiger partial charge in [0.05, 0.1) is 7.11 Å². The van der Waals surface area contributed by atoms with E-state index in [9.17, 15) is 0 Å². The van der Waals surface area contributed by atoms with E-state index in [0.717, 1.165) is 19.5 Å². The van der Waals surface area contributed by atoms with Gasteiger partial charge >= 0.3 is 0 Å². The van der Waals surface area contributed by atoms with Crippen LogP contribution in [0.5, 0.6) is 0 Å². The summed E-state index contributed by atoms with van der Waals surface area (Å²) in [5, 5.41) is 3.17. The minimum absolute atomic E-state index is 0.447. The lowest BCUT2D eigenvalue weighted by molar-refractivity contribution is 0.291. The van der Waals surface area contributed by atoms with Crippen LogP contribution in [0.25, 0.3) is 0 Å². The van der Waals surface area contributed by atoms with Crippen LogP contribution in [0.1, 0.15) is 13.3 Å². The number of aliphatic imine (C=N–C) groups is 1. The molecule has 0 fully saturated rings. The number of hydrogen-bond acceptors (Lipinski definition) is 3. The van der Waals surface area contributed by atoms with E-state index >= 15 is 0 Å². The molecule has 0 saturated heterocycles. The first-order valence-electron chi connectivity index (χ1n) is 3.77. The highest BCUT2D eigenvalue weighted by atomic mass is 16.5. The van der Waals surface area contributed by atoms with Crippen LogP contribution < -0.4 is 5.32 Å². The van der Waals surface area contributed by atoms with Gasteiger partial charge in [0.2, 0.25) is 5.88 Å². The number of hydrogen-bond donors (Lipinski definition) is 1. The first kappa shape index (κ1) is 10.2. The summed E-state index contributed by atoms with van der Waals surface area (Å²) in [5.41, 5.74) is 0. The molecule has 0 aromatic rings. The zero-order valence-electron chi connectivity index (χ0n) is 7.26. The average molecular weight is 156 g/mol. The van der Waals surface area contributed by atoms with E-state index in [4.69, 9.17) is 4.74 Å². The number of ether oxygens (including phenoxy) is 1. The monoisotopic (exact) mass is 156 g/mol. The second-order valence-electron chi connectivity index (χ2n) is 2.11. The molecule has 0 unspecified atom stereocenters. The maximum Gasteiger partial charge on any atom is 0.205 e. The highest BCUT2D eigenvalue weighted by Gasteiger charge is 1.82. The third-order valence-corrected chi connectivity index (χ3v) is 1.13. The summed E-state index contributed by atoms with van der Waals surface area (Å²) in [4.78, 5) is 3.91. The van der Waals surface area contributed by atoms with Crippen molar-refractivity contribution in [3.8, 4) is 0 Å². The lowest BCUT2D eigenvalue weighted by Gasteiger charge is -1.97. The lowest BCUT2D eigenvalue weighted by atomic mass is 10.5. The normalized spacial score (nSPS) is 10.4.